The number of ether oxygens (including phenoxy) is 1. The van der Waals surface area contributed by atoms with E-state index in [1.165, 1.54) is 0 Å². The minimum atomic E-state index is -0.821. The summed E-state index contributed by atoms with van der Waals surface area (Å²) in [6.45, 7) is 16.8. The number of hydrogen-bond donors (Lipinski definition) is 1. The normalized spacial score (nSPS) is 41.6. The topological polar surface area (TPSA) is 29.5 Å². The van der Waals surface area contributed by atoms with Crippen molar-refractivity contribution in [2.24, 2.45) is 10.8 Å². The van der Waals surface area contributed by atoms with Crippen molar-refractivity contribution >= 4 is 27.5 Å². The quantitative estimate of drug-likeness (QED) is 0.362. The second kappa shape index (κ2) is 6.79. The molecule has 6 atom stereocenters. The highest BCUT2D eigenvalue weighted by atomic mass is 79.9. The van der Waals surface area contributed by atoms with Crippen LogP contribution in [0.25, 0.3) is 0 Å². The Morgan fingerprint density at radius 1 is 1.32 bits per heavy atom. The van der Waals surface area contributed by atoms with E-state index in [2.05, 4.69) is 57.1 Å². The second-order valence-corrected chi connectivity index (χ2v) is 11.8. The lowest BCUT2D eigenvalue weighted by molar-refractivity contribution is -0.0532. The summed E-state index contributed by atoms with van der Waals surface area (Å²) in [6, 6.07) is 0. The number of halogens is 2. The molecule has 0 unspecified atom stereocenters. The van der Waals surface area contributed by atoms with Crippen LogP contribution in [-0.2, 0) is 4.74 Å². The molecule has 2 aliphatic rings. The molecule has 2 rings (SSSR count). The molecule has 25 heavy (non-hydrogen) atoms. The highest BCUT2D eigenvalue weighted by molar-refractivity contribution is 9.09. The van der Waals surface area contributed by atoms with E-state index in [0.29, 0.717) is 12.5 Å². The number of hydrogen-bond acceptors (Lipinski definition) is 2. The first kappa shape index (κ1) is 21.7. The zero-order valence-electron chi connectivity index (χ0n) is 16.8. The van der Waals surface area contributed by atoms with Gasteiger partial charge in [0.1, 0.15) is 0 Å². The fourth-order valence-corrected chi connectivity index (χ4v) is 5.35. The summed E-state index contributed by atoms with van der Waals surface area (Å²) in [7, 11) is 0. The van der Waals surface area contributed by atoms with E-state index in [1.54, 1.807) is 6.08 Å². The van der Waals surface area contributed by atoms with Crippen LogP contribution in [0, 0.1) is 10.8 Å². The van der Waals surface area contributed by atoms with Gasteiger partial charge in [-0.25, -0.2) is 0 Å². The molecule has 0 amide bonds. The Labute approximate surface area is 167 Å². The van der Waals surface area contributed by atoms with E-state index in [-0.39, 0.29) is 26.1 Å². The standard InChI is InChI=1S/C21H36BrClO2/c1-8-18(4,24)13-14-20(6)19(5,11-9-15(22)17(2,3)23)16-10-12-21(20,7)25-16/h8,15-16,24H,1,9-14H2,2-7H3/t15-,16+,18+,19+,20-,21-/m0/s1. The Morgan fingerprint density at radius 2 is 1.92 bits per heavy atom. The van der Waals surface area contributed by atoms with Gasteiger partial charge in [-0.2, -0.15) is 0 Å². The molecule has 146 valence electrons. The molecule has 0 spiro atoms. The van der Waals surface area contributed by atoms with E-state index in [9.17, 15) is 5.11 Å². The molecule has 0 aromatic rings. The Bertz CT molecular complexity index is 515. The average molecular weight is 436 g/mol. The lowest BCUT2D eigenvalue weighted by atomic mass is 9.50. The highest BCUT2D eigenvalue weighted by Crippen LogP contribution is 2.68. The lowest BCUT2D eigenvalue weighted by Crippen LogP contribution is -2.52. The number of aliphatic hydroxyl groups is 1. The van der Waals surface area contributed by atoms with Gasteiger partial charge >= 0.3 is 0 Å². The molecular weight excluding hydrogens is 400 g/mol. The maximum atomic E-state index is 10.5. The molecule has 2 aliphatic heterocycles. The van der Waals surface area contributed by atoms with Crippen molar-refractivity contribution in [3.8, 4) is 0 Å². The van der Waals surface area contributed by atoms with Crippen LogP contribution in [0.1, 0.15) is 80.1 Å². The van der Waals surface area contributed by atoms with Crippen LogP contribution in [0.2, 0.25) is 0 Å². The smallest absolute Gasteiger partial charge is 0.0797 e. The SMILES string of the molecule is C=C[C@@](C)(O)CC[C@]1(C)[C@]2(C)CC[C@@H](O2)[C@@]1(C)CC[C@H](Br)C(C)(C)Cl. The van der Waals surface area contributed by atoms with E-state index in [0.717, 1.165) is 32.1 Å². The third-order valence-electron chi connectivity index (χ3n) is 7.66. The first-order valence-corrected chi connectivity index (χ1v) is 10.9. The van der Waals surface area contributed by atoms with E-state index < -0.39 is 5.60 Å². The van der Waals surface area contributed by atoms with Crippen molar-refractivity contribution in [1.29, 1.82) is 0 Å². The van der Waals surface area contributed by atoms with Crippen LogP contribution >= 0.6 is 27.5 Å². The molecule has 0 aromatic carbocycles. The van der Waals surface area contributed by atoms with Gasteiger partial charge < -0.3 is 9.84 Å². The summed E-state index contributed by atoms with van der Waals surface area (Å²) >= 11 is 10.3. The fraction of sp³-hybridized carbons (Fsp3) is 0.905. The molecule has 0 aromatic heterocycles. The molecule has 2 heterocycles. The minimum Gasteiger partial charge on any atom is -0.386 e. The van der Waals surface area contributed by atoms with Gasteiger partial charge in [-0.3, -0.25) is 0 Å². The second-order valence-electron chi connectivity index (χ2n) is 9.76. The van der Waals surface area contributed by atoms with Crippen molar-refractivity contribution in [2.45, 2.75) is 107 Å². The molecule has 2 fully saturated rings. The Morgan fingerprint density at radius 3 is 2.44 bits per heavy atom. The van der Waals surface area contributed by atoms with E-state index in [4.69, 9.17) is 16.3 Å². The number of rotatable bonds is 8. The lowest BCUT2D eigenvalue weighted by Gasteiger charge is -2.52. The Hall–Kier alpha value is 0.430. The first-order chi connectivity index (χ1) is 11.2. The summed E-state index contributed by atoms with van der Waals surface area (Å²) < 4.78 is 6.55. The third kappa shape index (κ3) is 3.73. The highest BCUT2D eigenvalue weighted by Gasteiger charge is 2.69. The number of fused-ring (bicyclic) bond motifs is 2. The van der Waals surface area contributed by atoms with Gasteiger partial charge in [0.2, 0.25) is 0 Å². The Balaban J connectivity index is 2.23. The van der Waals surface area contributed by atoms with Gasteiger partial charge in [0.05, 0.1) is 22.2 Å². The van der Waals surface area contributed by atoms with Crippen molar-refractivity contribution < 1.29 is 9.84 Å². The van der Waals surface area contributed by atoms with Crippen LogP contribution in [0.15, 0.2) is 12.7 Å². The molecule has 2 bridgehead atoms. The van der Waals surface area contributed by atoms with Crippen molar-refractivity contribution in [1.82, 2.24) is 0 Å². The monoisotopic (exact) mass is 434 g/mol. The summed E-state index contributed by atoms with van der Waals surface area (Å²) in [5, 5.41) is 10.5. The third-order valence-corrected chi connectivity index (χ3v) is 9.79. The zero-order chi connectivity index (χ0) is 19.3. The van der Waals surface area contributed by atoms with E-state index >= 15 is 0 Å². The van der Waals surface area contributed by atoms with Gasteiger partial charge in [-0.1, -0.05) is 35.9 Å². The fourth-order valence-electron chi connectivity index (χ4n) is 5.01. The summed E-state index contributed by atoms with van der Waals surface area (Å²) in [5.41, 5.74) is -0.815. The molecule has 4 heteroatoms. The minimum absolute atomic E-state index is 0.0269. The predicted molar refractivity (Wildman–Crippen MR) is 111 cm³/mol. The maximum absolute atomic E-state index is 10.5. The van der Waals surface area contributed by atoms with Crippen LogP contribution in [0.4, 0.5) is 0 Å². The molecular formula is C21H36BrClO2. The summed E-state index contributed by atoms with van der Waals surface area (Å²) in [4.78, 5) is 0.00715. The Kier molecular flexibility index (Phi) is 5.90. The predicted octanol–water partition coefficient (Wildman–Crippen LogP) is 6.23. The van der Waals surface area contributed by atoms with Gasteiger partial charge in [-0.05, 0) is 66.2 Å². The maximum Gasteiger partial charge on any atom is 0.0797 e. The van der Waals surface area contributed by atoms with E-state index in [1.807, 2.05) is 6.92 Å². The molecule has 0 saturated carbocycles. The molecule has 2 nitrogen and oxygen atoms in total. The summed E-state index contributed by atoms with van der Waals surface area (Å²) in [6.07, 6.45) is 7.96. The van der Waals surface area contributed by atoms with Crippen LogP contribution in [0.5, 0.6) is 0 Å². The van der Waals surface area contributed by atoms with Gasteiger partial charge in [0.25, 0.3) is 0 Å². The van der Waals surface area contributed by atoms with Crippen molar-refractivity contribution in [3.05, 3.63) is 12.7 Å². The van der Waals surface area contributed by atoms with Gasteiger partial charge in [-0.15, -0.1) is 18.2 Å². The first-order valence-electron chi connectivity index (χ1n) is 9.58. The largest absolute Gasteiger partial charge is 0.386 e. The van der Waals surface area contributed by atoms with Crippen LogP contribution in [-0.4, -0.2) is 32.1 Å². The average Bonchev–Trinajstić information content (AvgIpc) is 2.98. The van der Waals surface area contributed by atoms with Crippen LogP contribution < -0.4 is 0 Å². The zero-order valence-corrected chi connectivity index (χ0v) is 19.1. The van der Waals surface area contributed by atoms with Gasteiger partial charge in [0, 0.05) is 15.7 Å². The van der Waals surface area contributed by atoms with Crippen molar-refractivity contribution in [2.75, 3.05) is 0 Å². The van der Waals surface area contributed by atoms with Crippen LogP contribution in [0.3, 0.4) is 0 Å². The van der Waals surface area contributed by atoms with Gasteiger partial charge in [0.15, 0.2) is 0 Å². The van der Waals surface area contributed by atoms with Crippen molar-refractivity contribution in [3.63, 3.8) is 0 Å². The summed E-state index contributed by atoms with van der Waals surface area (Å²) in [5.74, 6) is 0. The molecule has 0 radical (unpaired) electrons. The number of alkyl halides is 2. The molecule has 0 aliphatic carbocycles. The molecule has 1 N–H and O–H groups in total. The molecule has 2 saturated heterocycles.